The molecule has 0 radical (unpaired) electrons. The summed E-state index contributed by atoms with van der Waals surface area (Å²) in [6.45, 7) is 5.18. The Hall–Kier alpha value is -2.03. The Morgan fingerprint density at radius 2 is 2.00 bits per heavy atom. The Labute approximate surface area is 89.0 Å². The van der Waals surface area contributed by atoms with Crippen molar-refractivity contribution in [2.45, 2.75) is 6.92 Å². The number of carboxylic acids is 1. The smallest absolute Gasteiger partial charge is 0.332 e. The zero-order valence-corrected chi connectivity index (χ0v) is 8.55. The predicted octanol–water partition coefficient (Wildman–Crippen LogP) is 2.62. The highest BCUT2D eigenvalue weighted by atomic mass is 16.4. The molecule has 0 fully saturated rings. The molecule has 0 aliphatic heterocycles. The van der Waals surface area contributed by atoms with Gasteiger partial charge in [0.05, 0.1) is 5.57 Å². The Morgan fingerprint density at radius 1 is 1.40 bits per heavy atom. The highest BCUT2D eigenvalue weighted by Crippen LogP contribution is 2.14. The third kappa shape index (κ3) is 2.98. The van der Waals surface area contributed by atoms with E-state index in [-0.39, 0.29) is 5.57 Å². The van der Waals surface area contributed by atoms with E-state index in [1.807, 2.05) is 30.3 Å². The van der Waals surface area contributed by atoms with E-state index in [4.69, 9.17) is 5.11 Å². The first-order valence-electron chi connectivity index (χ1n) is 4.53. The number of carbonyl (C=O) groups is 1. The lowest BCUT2D eigenvalue weighted by Gasteiger charge is -2.15. The minimum absolute atomic E-state index is 0.263. The van der Waals surface area contributed by atoms with E-state index in [0.29, 0.717) is 0 Å². The van der Waals surface area contributed by atoms with Gasteiger partial charge in [-0.25, -0.2) is 4.79 Å². The summed E-state index contributed by atoms with van der Waals surface area (Å²) in [4.78, 5) is 12.3. The normalized spacial score (nSPS) is 10.9. The Bertz CT molecular complexity index is 382. The summed E-state index contributed by atoms with van der Waals surface area (Å²) in [5.41, 5.74) is 1.15. The molecule has 15 heavy (non-hydrogen) atoms. The molecule has 0 saturated heterocycles. The van der Waals surface area contributed by atoms with Gasteiger partial charge >= 0.3 is 5.97 Å². The van der Waals surface area contributed by atoms with Gasteiger partial charge in [-0.2, -0.15) is 0 Å². The second kappa shape index (κ2) is 5.00. The maximum absolute atomic E-state index is 10.7. The van der Waals surface area contributed by atoms with Crippen LogP contribution in [0.25, 0.3) is 0 Å². The van der Waals surface area contributed by atoms with Gasteiger partial charge in [-0.15, -0.1) is 0 Å². The third-order valence-corrected chi connectivity index (χ3v) is 1.92. The summed E-state index contributed by atoms with van der Waals surface area (Å²) < 4.78 is 0. The van der Waals surface area contributed by atoms with Gasteiger partial charge in [0, 0.05) is 18.1 Å². The zero-order chi connectivity index (χ0) is 11.3. The number of para-hydroxylation sites is 1. The molecule has 78 valence electrons. The molecule has 0 aliphatic rings. The molecule has 1 rings (SSSR count). The second-order valence-corrected chi connectivity index (χ2v) is 3.04. The molecule has 1 aromatic rings. The van der Waals surface area contributed by atoms with Crippen molar-refractivity contribution in [3.63, 3.8) is 0 Å². The molecule has 0 heterocycles. The lowest BCUT2D eigenvalue weighted by molar-refractivity contribution is -0.132. The molecule has 0 aromatic heterocycles. The average molecular weight is 203 g/mol. The van der Waals surface area contributed by atoms with Crippen molar-refractivity contribution in [1.29, 1.82) is 0 Å². The van der Waals surface area contributed by atoms with Crippen LogP contribution < -0.4 is 4.90 Å². The van der Waals surface area contributed by atoms with E-state index >= 15 is 0 Å². The zero-order valence-electron chi connectivity index (χ0n) is 8.55. The summed E-state index contributed by atoms with van der Waals surface area (Å²) in [6, 6.07) is 9.44. The van der Waals surface area contributed by atoms with E-state index in [1.165, 1.54) is 6.20 Å². The number of anilines is 1. The third-order valence-electron chi connectivity index (χ3n) is 1.92. The van der Waals surface area contributed by atoms with Crippen molar-refractivity contribution in [3.8, 4) is 0 Å². The largest absolute Gasteiger partial charge is 0.478 e. The van der Waals surface area contributed by atoms with Gasteiger partial charge in [0.2, 0.25) is 0 Å². The molecular formula is C12H13NO2. The lowest BCUT2D eigenvalue weighted by Crippen LogP contribution is -2.09. The molecule has 0 unspecified atom stereocenters. The summed E-state index contributed by atoms with van der Waals surface area (Å²) in [5.74, 6) is -0.933. The van der Waals surface area contributed by atoms with Crippen LogP contribution in [0, 0.1) is 0 Å². The van der Waals surface area contributed by atoms with Crippen molar-refractivity contribution in [3.05, 3.63) is 54.9 Å². The standard InChI is InChI=1S/C12H13NO2/c1-3-13(9-10(2)12(14)15)11-7-5-4-6-8-11/h3-9H,1H2,2H3,(H,14,15). The van der Waals surface area contributed by atoms with Crippen LogP contribution in [0.15, 0.2) is 54.9 Å². The predicted molar refractivity (Wildman–Crippen MR) is 60.5 cm³/mol. The Morgan fingerprint density at radius 3 is 2.47 bits per heavy atom. The van der Waals surface area contributed by atoms with E-state index in [1.54, 1.807) is 18.0 Å². The molecule has 0 spiro atoms. The molecular weight excluding hydrogens is 190 g/mol. The van der Waals surface area contributed by atoms with Gasteiger partial charge in [-0.1, -0.05) is 24.8 Å². The summed E-state index contributed by atoms with van der Waals surface area (Å²) >= 11 is 0. The van der Waals surface area contributed by atoms with Gasteiger partial charge < -0.3 is 10.0 Å². The first kappa shape index (κ1) is 11.0. The van der Waals surface area contributed by atoms with Crippen molar-refractivity contribution in [2.75, 3.05) is 4.90 Å². The Balaban J connectivity index is 2.96. The topological polar surface area (TPSA) is 40.5 Å². The van der Waals surface area contributed by atoms with Crippen LogP contribution in [0.3, 0.4) is 0 Å². The van der Waals surface area contributed by atoms with Crippen molar-refractivity contribution >= 4 is 11.7 Å². The summed E-state index contributed by atoms with van der Waals surface area (Å²) in [5, 5.41) is 8.74. The number of rotatable bonds is 4. The van der Waals surface area contributed by atoms with E-state index in [9.17, 15) is 4.79 Å². The fraction of sp³-hybridized carbons (Fsp3) is 0.0833. The van der Waals surface area contributed by atoms with Gasteiger partial charge in [-0.3, -0.25) is 0 Å². The van der Waals surface area contributed by atoms with Gasteiger partial charge in [-0.05, 0) is 19.1 Å². The fourth-order valence-electron chi connectivity index (χ4n) is 1.10. The van der Waals surface area contributed by atoms with Gasteiger partial charge in [0.15, 0.2) is 0 Å². The molecule has 0 amide bonds. The second-order valence-electron chi connectivity index (χ2n) is 3.04. The van der Waals surface area contributed by atoms with Crippen molar-refractivity contribution < 1.29 is 9.90 Å². The summed E-state index contributed by atoms with van der Waals surface area (Å²) in [7, 11) is 0. The van der Waals surface area contributed by atoms with Crippen molar-refractivity contribution in [2.24, 2.45) is 0 Å². The van der Waals surface area contributed by atoms with Crippen LogP contribution in [0.4, 0.5) is 5.69 Å². The first-order valence-corrected chi connectivity index (χ1v) is 4.53. The minimum Gasteiger partial charge on any atom is -0.478 e. The number of hydrogen-bond donors (Lipinski definition) is 1. The number of nitrogens with zero attached hydrogens (tertiary/aromatic N) is 1. The molecule has 0 saturated carbocycles. The van der Waals surface area contributed by atoms with Crippen LogP contribution in [0.2, 0.25) is 0 Å². The van der Waals surface area contributed by atoms with Gasteiger partial charge in [0.25, 0.3) is 0 Å². The maximum Gasteiger partial charge on any atom is 0.332 e. The molecule has 0 aliphatic carbocycles. The molecule has 1 aromatic carbocycles. The van der Waals surface area contributed by atoms with E-state index < -0.39 is 5.97 Å². The number of carboxylic acid groups (broad SMARTS) is 1. The number of hydrogen-bond acceptors (Lipinski definition) is 2. The van der Waals surface area contributed by atoms with E-state index in [0.717, 1.165) is 5.69 Å². The van der Waals surface area contributed by atoms with Crippen LogP contribution in [-0.2, 0) is 4.79 Å². The maximum atomic E-state index is 10.7. The highest BCUT2D eigenvalue weighted by molar-refractivity contribution is 5.86. The molecule has 3 nitrogen and oxygen atoms in total. The first-order chi connectivity index (χ1) is 7.15. The molecule has 3 heteroatoms. The monoisotopic (exact) mass is 203 g/mol. The van der Waals surface area contributed by atoms with Crippen LogP contribution in [-0.4, -0.2) is 11.1 Å². The van der Waals surface area contributed by atoms with Crippen molar-refractivity contribution in [1.82, 2.24) is 0 Å². The SMILES string of the molecule is C=CN(C=C(C)C(=O)O)c1ccccc1. The van der Waals surface area contributed by atoms with E-state index in [2.05, 4.69) is 6.58 Å². The molecule has 0 atom stereocenters. The molecule has 1 N–H and O–H groups in total. The summed E-state index contributed by atoms with van der Waals surface area (Å²) in [6.07, 6.45) is 3.10. The van der Waals surface area contributed by atoms with Crippen LogP contribution in [0.5, 0.6) is 0 Å². The fourth-order valence-corrected chi connectivity index (χ4v) is 1.10. The minimum atomic E-state index is -0.933. The quantitative estimate of drug-likeness (QED) is 0.765. The lowest BCUT2D eigenvalue weighted by atomic mass is 10.3. The average Bonchev–Trinajstić information content (AvgIpc) is 2.26. The molecule has 0 bridgehead atoms. The number of aliphatic carboxylic acids is 1. The van der Waals surface area contributed by atoms with Gasteiger partial charge in [0.1, 0.15) is 0 Å². The highest BCUT2D eigenvalue weighted by Gasteiger charge is 2.03. The van der Waals surface area contributed by atoms with Crippen LogP contribution >= 0.6 is 0 Å². The number of benzene rings is 1. The Kier molecular flexibility index (Phi) is 3.68. The van der Waals surface area contributed by atoms with Crippen LogP contribution in [0.1, 0.15) is 6.92 Å².